The van der Waals surface area contributed by atoms with Crippen LogP contribution in [0, 0.1) is 6.92 Å². The van der Waals surface area contributed by atoms with Crippen molar-refractivity contribution in [1.82, 2.24) is 0 Å². The first-order valence-corrected chi connectivity index (χ1v) is 11.0. The highest BCUT2D eigenvalue weighted by Gasteiger charge is 2.52. The lowest BCUT2D eigenvalue weighted by Crippen LogP contribution is -2.43. The number of benzene rings is 3. The molecule has 29 heavy (non-hydrogen) atoms. The van der Waals surface area contributed by atoms with Gasteiger partial charge in [-0.3, -0.25) is 4.99 Å². The van der Waals surface area contributed by atoms with E-state index >= 15 is 0 Å². The fourth-order valence-electron chi connectivity index (χ4n) is 5.58. The van der Waals surface area contributed by atoms with Gasteiger partial charge in [0.1, 0.15) is 0 Å². The van der Waals surface area contributed by atoms with Gasteiger partial charge in [0.05, 0.1) is 5.69 Å². The fraction of sp³-hybridized carbons (Fsp3) is 0.269. The molecule has 146 valence electrons. The fourth-order valence-corrected chi connectivity index (χ4v) is 5.95. The SMILES string of the molecule is Cc1ccccc1C1CCCC(c2cccc(Cl)c2)C12C=Nc1cc(Cl)ccc12. The molecular formula is C26H23Cl2N. The molecule has 1 nitrogen and oxygen atoms in total. The molecule has 2 aliphatic rings. The maximum Gasteiger partial charge on any atom is 0.0682 e. The monoisotopic (exact) mass is 419 g/mol. The number of hydrogen-bond donors (Lipinski definition) is 0. The highest BCUT2D eigenvalue weighted by molar-refractivity contribution is 6.31. The molecule has 3 heteroatoms. The van der Waals surface area contributed by atoms with Crippen LogP contribution in [0.2, 0.25) is 10.0 Å². The Morgan fingerprint density at radius 2 is 1.66 bits per heavy atom. The third-order valence-corrected chi connectivity index (χ3v) is 7.27. The first kappa shape index (κ1) is 18.9. The van der Waals surface area contributed by atoms with Crippen LogP contribution in [0.3, 0.4) is 0 Å². The number of aryl methyl sites for hydroxylation is 1. The molecule has 0 N–H and O–H groups in total. The van der Waals surface area contributed by atoms with Crippen molar-refractivity contribution in [2.24, 2.45) is 4.99 Å². The van der Waals surface area contributed by atoms with Crippen LogP contribution in [0.25, 0.3) is 0 Å². The van der Waals surface area contributed by atoms with Crippen LogP contribution >= 0.6 is 23.2 Å². The molecule has 0 saturated heterocycles. The molecule has 1 fully saturated rings. The van der Waals surface area contributed by atoms with Gasteiger partial charge in [0.25, 0.3) is 0 Å². The van der Waals surface area contributed by atoms with Crippen molar-refractivity contribution in [2.45, 2.75) is 43.4 Å². The maximum absolute atomic E-state index is 6.41. The molecule has 1 heterocycles. The van der Waals surface area contributed by atoms with E-state index in [1.807, 2.05) is 18.2 Å². The molecule has 3 unspecified atom stereocenters. The van der Waals surface area contributed by atoms with Crippen LogP contribution in [-0.2, 0) is 5.41 Å². The topological polar surface area (TPSA) is 12.4 Å². The molecule has 1 aliphatic heterocycles. The van der Waals surface area contributed by atoms with Crippen molar-refractivity contribution < 1.29 is 0 Å². The van der Waals surface area contributed by atoms with Crippen LogP contribution in [0.4, 0.5) is 5.69 Å². The molecule has 0 radical (unpaired) electrons. The summed E-state index contributed by atoms with van der Waals surface area (Å²) in [5, 5.41) is 1.53. The zero-order valence-corrected chi connectivity index (χ0v) is 17.9. The number of halogens is 2. The van der Waals surface area contributed by atoms with Gasteiger partial charge in [0.2, 0.25) is 0 Å². The lowest BCUT2D eigenvalue weighted by Gasteiger charge is -2.47. The smallest absolute Gasteiger partial charge is 0.0682 e. The van der Waals surface area contributed by atoms with E-state index in [-0.39, 0.29) is 5.41 Å². The van der Waals surface area contributed by atoms with Gasteiger partial charge in [-0.15, -0.1) is 0 Å². The third kappa shape index (κ3) is 3.03. The largest absolute Gasteiger partial charge is 0.260 e. The minimum absolute atomic E-state index is 0.186. The van der Waals surface area contributed by atoms with Crippen LogP contribution in [0.1, 0.15) is 53.4 Å². The van der Waals surface area contributed by atoms with Crippen molar-refractivity contribution in [3.8, 4) is 0 Å². The van der Waals surface area contributed by atoms with Crippen molar-refractivity contribution in [2.75, 3.05) is 0 Å². The number of nitrogens with zero attached hydrogens (tertiary/aromatic N) is 1. The van der Waals surface area contributed by atoms with Gasteiger partial charge < -0.3 is 0 Å². The van der Waals surface area contributed by atoms with Crippen LogP contribution in [-0.4, -0.2) is 6.21 Å². The van der Waals surface area contributed by atoms with Crippen molar-refractivity contribution in [1.29, 1.82) is 0 Å². The summed E-state index contributed by atoms with van der Waals surface area (Å²) in [7, 11) is 0. The van der Waals surface area contributed by atoms with Gasteiger partial charge in [-0.05, 0) is 78.1 Å². The summed E-state index contributed by atoms with van der Waals surface area (Å²) < 4.78 is 0. The van der Waals surface area contributed by atoms with Crippen molar-refractivity contribution in [3.05, 3.63) is 99.0 Å². The molecule has 0 aromatic heterocycles. The molecule has 1 saturated carbocycles. The Balaban J connectivity index is 1.76. The van der Waals surface area contributed by atoms with E-state index in [1.54, 1.807) is 0 Å². The van der Waals surface area contributed by atoms with Crippen molar-refractivity contribution >= 4 is 35.1 Å². The Labute approximate surface area is 182 Å². The molecule has 5 rings (SSSR count). The molecule has 3 aromatic rings. The highest BCUT2D eigenvalue weighted by atomic mass is 35.5. The summed E-state index contributed by atoms with van der Waals surface area (Å²) >= 11 is 12.7. The zero-order valence-electron chi connectivity index (χ0n) is 16.4. The van der Waals surface area contributed by atoms with E-state index in [0.29, 0.717) is 11.8 Å². The van der Waals surface area contributed by atoms with Gasteiger partial charge in [-0.1, -0.05) is 72.1 Å². The van der Waals surface area contributed by atoms with Gasteiger partial charge in [-0.2, -0.15) is 0 Å². The van der Waals surface area contributed by atoms with E-state index in [4.69, 9.17) is 28.2 Å². The van der Waals surface area contributed by atoms with Gasteiger partial charge in [0.15, 0.2) is 0 Å². The summed E-state index contributed by atoms with van der Waals surface area (Å²) in [4.78, 5) is 4.90. The summed E-state index contributed by atoms with van der Waals surface area (Å²) in [6.07, 6.45) is 5.68. The quantitative estimate of drug-likeness (QED) is 0.398. The average molecular weight is 420 g/mol. The van der Waals surface area contributed by atoms with E-state index < -0.39 is 0 Å². The third-order valence-electron chi connectivity index (χ3n) is 6.80. The minimum Gasteiger partial charge on any atom is -0.260 e. The summed E-state index contributed by atoms with van der Waals surface area (Å²) in [6, 6.07) is 23.4. The number of hydrogen-bond acceptors (Lipinski definition) is 1. The van der Waals surface area contributed by atoms with E-state index in [1.165, 1.54) is 28.7 Å². The lowest BCUT2D eigenvalue weighted by atomic mass is 9.54. The number of rotatable bonds is 2. The molecule has 1 aliphatic carbocycles. The van der Waals surface area contributed by atoms with Gasteiger partial charge in [0, 0.05) is 21.7 Å². The Bertz CT molecular complexity index is 1100. The highest BCUT2D eigenvalue weighted by Crippen LogP contribution is 2.60. The normalized spacial score (nSPS) is 25.3. The molecular weight excluding hydrogens is 397 g/mol. The molecule has 0 amide bonds. The number of fused-ring (bicyclic) bond motifs is 2. The van der Waals surface area contributed by atoms with Gasteiger partial charge in [-0.25, -0.2) is 0 Å². The first-order valence-electron chi connectivity index (χ1n) is 10.3. The van der Waals surface area contributed by atoms with E-state index in [9.17, 15) is 0 Å². The number of aliphatic imine (C=N–C) groups is 1. The zero-order chi connectivity index (χ0) is 20.0. The molecule has 3 atom stereocenters. The summed E-state index contributed by atoms with van der Waals surface area (Å²) in [5.74, 6) is 0.693. The summed E-state index contributed by atoms with van der Waals surface area (Å²) in [5.41, 5.74) is 6.18. The minimum atomic E-state index is -0.186. The predicted molar refractivity (Wildman–Crippen MR) is 123 cm³/mol. The standard InChI is InChI=1S/C26H23Cl2N/c1-17-6-2-3-9-21(17)23-11-5-10-22(18-7-4-8-19(27)14-18)26(23)16-29-25-15-20(28)12-13-24(25)26/h2-4,6-9,12-16,22-23H,5,10-11H2,1H3. The second kappa shape index (κ2) is 7.31. The Morgan fingerprint density at radius 3 is 2.48 bits per heavy atom. The lowest BCUT2D eigenvalue weighted by molar-refractivity contribution is 0.289. The summed E-state index contributed by atoms with van der Waals surface area (Å²) in [6.45, 7) is 2.22. The Hall–Kier alpha value is -2.09. The maximum atomic E-state index is 6.41. The average Bonchev–Trinajstić information content (AvgIpc) is 3.07. The van der Waals surface area contributed by atoms with Crippen LogP contribution < -0.4 is 0 Å². The van der Waals surface area contributed by atoms with E-state index in [0.717, 1.165) is 28.6 Å². The first-order chi connectivity index (χ1) is 14.1. The second-order valence-electron chi connectivity index (χ2n) is 8.30. The Kier molecular flexibility index (Phi) is 4.76. The van der Waals surface area contributed by atoms with Gasteiger partial charge >= 0.3 is 0 Å². The van der Waals surface area contributed by atoms with E-state index in [2.05, 4.69) is 61.7 Å². The molecule has 0 bridgehead atoms. The predicted octanol–water partition coefficient (Wildman–Crippen LogP) is 8.01. The molecule has 3 aromatic carbocycles. The Morgan fingerprint density at radius 1 is 0.862 bits per heavy atom. The van der Waals surface area contributed by atoms with Crippen LogP contribution in [0.15, 0.2) is 71.7 Å². The van der Waals surface area contributed by atoms with Crippen LogP contribution in [0.5, 0.6) is 0 Å². The van der Waals surface area contributed by atoms with Crippen molar-refractivity contribution in [3.63, 3.8) is 0 Å². The second-order valence-corrected chi connectivity index (χ2v) is 9.17. The molecule has 1 spiro atoms.